The summed E-state index contributed by atoms with van der Waals surface area (Å²) in [5.41, 5.74) is 0.965. The van der Waals surface area contributed by atoms with Gasteiger partial charge in [0, 0.05) is 24.7 Å². The van der Waals surface area contributed by atoms with Crippen LogP contribution in [0.2, 0.25) is 0 Å². The lowest BCUT2D eigenvalue weighted by molar-refractivity contribution is 0.0697. The van der Waals surface area contributed by atoms with Gasteiger partial charge in [-0.15, -0.1) is 0 Å². The summed E-state index contributed by atoms with van der Waals surface area (Å²) in [6, 6.07) is 10.4. The van der Waals surface area contributed by atoms with Crippen LogP contribution in [-0.2, 0) is 0 Å². The summed E-state index contributed by atoms with van der Waals surface area (Å²) in [5.74, 6) is 1.56. The minimum absolute atomic E-state index is 0.0126. The van der Waals surface area contributed by atoms with Gasteiger partial charge in [0.2, 0.25) is 5.75 Å². The van der Waals surface area contributed by atoms with Gasteiger partial charge in [-0.1, -0.05) is 12.1 Å². The number of rotatable bonds is 7. The van der Waals surface area contributed by atoms with E-state index < -0.39 is 0 Å². The number of ether oxygens (including phenoxy) is 4. The molecule has 0 bridgehead atoms. The Morgan fingerprint density at radius 2 is 1.45 bits per heavy atom. The van der Waals surface area contributed by atoms with Crippen molar-refractivity contribution in [2.75, 3.05) is 41.5 Å². The number of hydrogen-bond donors (Lipinski definition) is 1. The molecule has 2 amide bonds. The summed E-state index contributed by atoms with van der Waals surface area (Å²) >= 11 is 0. The number of amides is 2. The molecule has 0 radical (unpaired) electrons. The first-order valence-corrected chi connectivity index (χ1v) is 10.1. The average molecular weight is 428 g/mol. The fourth-order valence-electron chi connectivity index (χ4n) is 3.71. The van der Waals surface area contributed by atoms with Gasteiger partial charge in [-0.05, 0) is 37.1 Å². The van der Waals surface area contributed by atoms with Gasteiger partial charge in [-0.2, -0.15) is 0 Å². The average Bonchev–Trinajstić information content (AvgIpc) is 2.82. The Labute approximate surface area is 182 Å². The normalized spacial score (nSPS) is 14.0. The molecule has 1 saturated heterocycles. The molecule has 1 heterocycles. The summed E-state index contributed by atoms with van der Waals surface area (Å²) in [5, 5.41) is 3.05. The zero-order valence-electron chi connectivity index (χ0n) is 18.3. The molecule has 31 heavy (non-hydrogen) atoms. The summed E-state index contributed by atoms with van der Waals surface area (Å²) in [7, 11) is 6.09. The molecule has 0 atom stereocenters. The molecule has 0 spiro atoms. The first-order valence-electron chi connectivity index (χ1n) is 10.1. The number of piperidine rings is 1. The molecule has 0 aromatic heterocycles. The largest absolute Gasteiger partial charge is 0.496 e. The molecule has 2 aromatic rings. The summed E-state index contributed by atoms with van der Waals surface area (Å²) < 4.78 is 21.3. The number of nitrogens with zero attached hydrogens (tertiary/aromatic N) is 1. The van der Waals surface area contributed by atoms with Crippen molar-refractivity contribution in [3.05, 3.63) is 47.5 Å². The van der Waals surface area contributed by atoms with Crippen molar-refractivity contribution in [3.8, 4) is 23.0 Å². The van der Waals surface area contributed by atoms with Crippen LogP contribution in [0, 0.1) is 0 Å². The first-order chi connectivity index (χ1) is 15.0. The molecule has 1 aliphatic rings. The van der Waals surface area contributed by atoms with Crippen LogP contribution in [0.4, 0.5) is 0 Å². The van der Waals surface area contributed by atoms with Crippen LogP contribution in [-0.4, -0.2) is 64.3 Å². The van der Waals surface area contributed by atoms with Crippen LogP contribution >= 0.6 is 0 Å². The molecule has 8 nitrogen and oxygen atoms in total. The van der Waals surface area contributed by atoms with E-state index in [2.05, 4.69) is 5.32 Å². The molecular weight excluding hydrogens is 400 g/mol. The predicted octanol–water partition coefficient (Wildman–Crippen LogP) is 2.76. The van der Waals surface area contributed by atoms with E-state index in [9.17, 15) is 9.59 Å². The number of likely N-dealkylation sites (tertiary alicyclic amines) is 1. The van der Waals surface area contributed by atoms with Gasteiger partial charge in [-0.3, -0.25) is 9.59 Å². The van der Waals surface area contributed by atoms with Gasteiger partial charge < -0.3 is 29.2 Å². The Bertz CT molecular complexity index is 912. The van der Waals surface area contributed by atoms with Crippen LogP contribution in [0.1, 0.15) is 33.6 Å². The summed E-state index contributed by atoms with van der Waals surface area (Å²) in [6.45, 7) is 1.07. The number of benzene rings is 2. The van der Waals surface area contributed by atoms with E-state index >= 15 is 0 Å². The van der Waals surface area contributed by atoms with Crippen molar-refractivity contribution in [3.63, 3.8) is 0 Å². The molecule has 0 aliphatic carbocycles. The van der Waals surface area contributed by atoms with Crippen LogP contribution in [0.3, 0.4) is 0 Å². The van der Waals surface area contributed by atoms with Crippen molar-refractivity contribution in [2.45, 2.75) is 18.9 Å². The standard InChI is InChI=1S/C23H28N2O6/c1-28-18-8-6-5-7-17(18)22(26)24-16-9-11-25(12-10-16)23(27)15-13-19(29-2)21(31-4)20(14-15)30-3/h5-8,13-14,16H,9-12H2,1-4H3,(H,24,26). The van der Waals surface area contributed by atoms with Crippen LogP contribution in [0.15, 0.2) is 36.4 Å². The molecule has 1 aliphatic heterocycles. The van der Waals surface area contributed by atoms with Crippen molar-refractivity contribution in [1.29, 1.82) is 0 Å². The highest BCUT2D eigenvalue weighted by Crippen LogP contribution is 2.38. The molecule has 8 heteroatoms. The van der Waals surface area contributed by atoms with Crippen LogP contribution in [0.5, 0.6) is 23.0 Å². The third-order valence-corrected chi connectivity index (χ3v) is 5.38. The molecule has 1 N–H and O–H groups in total. The highest BCUT2D eigenvalue weighted by atomic mass is 16.5. The van der Waals surface area contributed by atoms with Crippen molar-refractivity contribution < 1.29 is 28.5 Å². The Morgan fingerprint density at radius 3 is 2.00 bits per heavy atom. The number of carbonyl (C=O) groups is 2. The molecule has 3 rings (SSSR count). The smallest absolute Gasteiger partial charge is 0.255 e. The van der Waals surface area contributed by atoms with Gasteiger partial charge >= 0.3 is 0 Å². The fourth-order valence-corrected chi connectivity index (χ4v) is 3.71. The maximum atomic E-state index is 13.0. The van der Waals surface area contributed by atoms with E-state index in [0.29, 0.717) is 60.1 Å². The molecule has 166 valence electrons. The third kappa shape index (κ3) is 4.84. The van der Waals surface area contributed by atoms with E-state index in [4.69, 9.17) is 18.9 Å². The fraction of sp³-hybridized carbons (Fsp3) is 0.391. The predicted molar refractivity (Wildman–Crippen MR) is 115 cm³/mol. The monoisotopic (exact) mass is 428 g/mol. The van der Waals surface area contributed by atoms with Gasteiger partial charge in [-0.25, -0.2) is 0 Å². The lowest BCUT2D eigenvalue weighted by atomic mass is 10.0. The second kappa shape index (κ2) is 10.1. The van der Waals surface area contributed by atoms with E-state index in [1.54, 1.807) is 42.3 Å². The number of carbonyl (C=O) groups excluding carboxylic acids is 2. The minimum atomic E-state index is -0.174. The number of hydrogen-bond acceptors (Lipinski definition) is 6. The van der Waals surface area contributed by atoms with Crippen LogP contribution in [0.25, 0.3) is 0 Å². The maximum Gasteiger partial charge on any atom is 0.255 e. The van der Waals surface area contributed by atoms with Crippen LogP contribution < -0.4 is 24.3 Å². The van der Waals surface area contributed by atoms with Gasteiger partial charge in [0.25, 0.3) is 11.8 Å². The highest BCUT2D eigenvalue weighted by molar-refractivity contribution is 5.97. The zero-order chi connectivity index (χ0) is 22.4. The topological polar surface area (TPSA) is 86.3 Å². The SMILES string of the molecule is COc1ccccc1C(=O)NC1CCN(C(=O)c2cc(OC)c(OC)c(OC)c2)CC1. The number of methoxy groups -OCH3 is 4. The van der Waals surface area contributed by atoms with Gasteiger partial charge in [0.05, 0.1) is 34.0 Å². The Balaban J connectivity index is 1.64. The lowest BCUT2D eigenvalue weighted by Crippen LogP contribution is -2.46. The first kappa shape index (κ1) is 22.3. The van der Waals surface area contributed by atoms with E-state index in [-0.39, 0.29) is 17.9 Å². The molecule has 2 aromatic carbocycles. The van der Waals surface area contributed by atoms with E-state index in [0.717, 1.165) is 0 Å². The zero-order valence-corrected chi connectivity index (χ0v) is 18.3. The second-order valence-electron chi connectivity index (χ2n) is 7.15. The van der Waals surface area contributed by atoms with Crippen molar-refractivity contribution in [2.24, 2.45) is 0 Å². The molecule has 0 unspecified atom stereocenters. The van der Waals surface area contributed by atoms with E-state index in [1.165, 1.54) is 21.3 Å². The van der Waals surface area contributed by atoms with Gasteiger partial charge in [0.15, 0.2) is 11.5 Å². The molecular formula is C23H28N2O6. The Morgan fingerprint density at radius 1 is 0.871 bits per heavy atom. The highest BCUT2D eigenvalue weighted by Gasteiger charge is 2.27. The quantitative estimate of drug-likeness (QED) is 0.730. The second-order valence-corrected chi connectivity index (χ2v) is 7.15. The van der Waals surface area contributed by atoms with E-state index in [1.807, 2.05) is 6.07 Å². The number of nitrogens with one attached hydrogen (secondary N) is 1. The summed E-state index contributed by atoms with van der Waals surface area (Å²) in [6.07, 6.45) is 1.33. The lowest BCUT2D eigenvalue weighted by Gasteiger charge is -2.32. The summed E-state index contributed by atoms with van der Waals surface area (Å²) in [4.78, 5) is 27.4. The minimum Gasteiger partial charge on any atom is -0.496 e. The molecule has 0 saturated carbocycles. The van der Waals surface area contributed by atoms with Crippen molar-refractivity contribution >= 4 is 11.8 Å². The van der Waals surface area contributed by atoms with Crippen molar-refractivity contribution in [1.82, 2.24) is 10.2 Å². The maximum absolute atomic E-state index is 13.0. The molecule has 1 fully saturated rings. The third-order valence-electron chi connectivity index (χ3n) is 5.38. The van der Waals surface area contributed by atoms with Gasteiger partial charge in [0.1, 0.15) is 5.75 Å². The number of para-hydroxylation sites is 1. The Hall–Kier alpha value is -3.42. The Kier molecular flexibility index (Phi) is 7.23.